The van der Waals surface area contributed by atoms with Crippen molar-refractivity contribution < 1.29 is 14.5 Å². The molecule has 0 fully saturated rings. The van der Waals surface area contributed by atoms with Crippen molar-refractivity contribution in [2.24, 2.45) is 0 Å². The number of rotatable bonds is 5. The van der Waals surface area contributed by atoms with E-state index in [0.717, 1.165) is 33.9 Å². The zero-order valence-electron chi connectivity index (χ0n) is 14.8. The molecule has 7 nitrogen and oxygen atoms in total. The van der Waals surface area contributed by atoms with Crippen LogP contribution in [-0.2, 0) is 6.42 Å². The first-order chi connectivity index (χ1) is 13.5. The molecule has 1 aromatic heterocycles. The maximum atomic E-state index is 12.6. The largest absolute Gasteiger partial charge is 0.493 e. The number of nitrogens with one attached hydrogen (secondary N) is 1. The third-order valence-corrected chi connectivity index (χ3v) is 5.84. The SMILES string of the molecule is CSc1ccc([N+](=O)[O-])c(C(=O)Nc2nc(-c3ccc4c(c3)CCO4)cs2)c1. The molecule has 0 saturated carbocycles. The number of thioether (sulfide) groups is 1. The van der Waals surface area contributed by atoms with Crippen LogP contribution in [0.15, 0.2) is 46.7 Å². The van der Waals surface area contributed by atoms with E-state index in [0.29, 0.717) is 11.7 Å². The van der Waals surface area contributed by atoms with Crippen LogP contribution in [0, 0.1) is 10.1 Å². The van der Waals surface area contributed by atoms with Gasteiger partial charge in [-0.25, -0.2) is 4.98 Å². The first-order valence-corrected chi connectivity index (χ1v) is 10.5. The van der Waals surface area contributed by atoms with Gasteiger partial charge < -0.3 is 4.74 Å². The fourth-order valence-corrected chi connectivity index (χ4v) is 4.11. The van der Waals surface area contributed by atoms with Crippen LogP contribution in [0.5, 0.6) is 5.75 Å². The van der Waals surface area contributed by atoms with Crippen LogP contribution < -0.4 is 10.1 Å². The fourth-order valence-electron chi connectivity index (χ4n) is 2.96. The highest BCUT2D eigenvalue weighted by atomic mass is 32.2. The van der Waals surface area contributed by atoms with E-state index in [9.17, 15) is 14.9 Å². The molecule has 0 aliphatic carbocycles. The van der Waals surface area contributed by atoms with Crippen molar-refractivity contribution in [1.82, 2.24) is 4.98 Å². The van der Waals surface area contributed by atoms with Crippen molar-refractivity contribution in [1.29, 1.82) is 0 Å². The summed E-state index contributed by atoms with van der Waals surface area (Å²) in [6.07, 6.45) is 2.71. The van der Waals surface area contributed by atoms with Crippen molar-refractivity contribution in [3.63, 3.8) is 0 Å². The Bertz CT molecular complexity index is 1080. The number of nitrogens with zero attached hydrogens (tertiary/aromatic N) is 2. The van der Waals surface area contributed by atoms with Gasteiger partial charge >= 0.3 is 0 Å². The van der Waals surface area contributed by atoms with Crippen LogP contribution in [0.2, 0.25) is 0 Å². The molecule has 1 aliphatic heterocycles. The van der Waals surface area contributed by atoms with Crippen LogP contribution in [-0.4, -0.2) is 28.7 Å². The maximum Gasteiger partial charge on any atom is 0.282 e. The summed E-state index contributed by atoms with van der Waals surface area (Å²) in [6.45, 7) is 0.686. The lowest BCUT2D eigenvalue weighted by molar-refractivity contribution is -0.385. The number of amides is 1. The Morgan fingerprint density at radius 1 is 1.32 bits per heavy atom. The van der Waals surface area contributed by atoms with Crippen LogP contribution in [0.3, 0.4) is 0 Å². The van der Waals surface area contributed by atoms with Crippen molar-refractivity contribution in [3.8, 4) is 17.0 Å². The van der Waals surface area contributed by atoms with Gasteiger partial charge in [-0.05, 0) is 42.2 Å². The second-order valence-electron chi connectivity index (χ2n) is 6.05. The van der Waals surface area contributed by atoms with Crippen LogP contribution in [0.25, 0.3) is 11.3 Å². The summed E-state index contributed by atoms with van der Waals surface area (Å²) < 4.78 is 5.51. The van der Waals surface area contributed by atoms with Gasteiger partial charge in [0, 0.05) is 28.3 Å². The van der Waals surface area contributed by atoms with Gasteiger partial charge in [0.15, 0.2) is 5.13 Å². The lowest BCUT2D eigenvalue weighted by atomic mass is 10.1. The molecule has 1 amide bonds. The molecule has 2 aromatic carbocycles. The van der Waals surface area contributed by atoms with Gasteiger partial charge in [0.05, 0.1) is 17.2 Å². The Morgan fingerprint density at radius 3 is 2.96 bits per heavy atom. The summed E-state index contributed by atoms with van der Waals surface area (Å²) in [6, 6.07) is 10.4. The number of anilines is 1. The van der Waals surface area contributed by atoms with E-state index >= 15 is 0 Å². The van der Waals surface area contributed by atoms with Gasteiger partial charge in [-0.1, -0.05) is 0 Å². The highest BCUT2D eigenvalue weighted by molar-refractivity contribution is 7.98. The molecule has 3 aromatic rings. The highest BCUT2D eigenvalue weighted by Crippen LogP contribution is 2.32. The molecule has 1 aliphatic rings. The van der Waals surface area contributed by atoms with Crippen molar-refractivity contribution in [3.05, 3.63) is 63.0 Å². The number of hydrogen-bond donors (Lipinski definition) is 1. The smallest absolute Gasteiger partial charge is 0.282 e. The van der Waals surface area contributed by atoms with E-state index < -0.39 is 10.8 Å². The van der Waals surface area contributed by atoms with Crippen molar-refractivity contribution >= 4 is 39.8 Å². The van der Waals surface area contributed by atoms with E-state index in [2.05, 4.69) is 10.3 Å². The summed E-state index contributed by atoms with van der Waals surface area (Å²) in [5, 5.41) is 16.2. The molecule has 9 heteroatoms. The summed E-state index contributed by atoms with van der Waals surface area (Å²) >= 11 is 2.69. The van der Waals surface area contributed by atoms with Crippen molar-refractivity contribution in [2.45, 2.75) is 11.3 Å². The standard InChI is InChI=1S/C19H15N3O4S2/c1-27-13-3-4-16(22(24)25)14(9-13)18(23)21-19-20-15(10-28-19)11-2-5-17-12(8-11)6-7-26-17/h2-5,8-10H,6-7H2,1H3,(H,20,21,23). The van der Waals surface area contributed by atoms with Crippen LogP contribution >= 0.6 is 23.1 Å². The second-order valence-corrected chi connectivity index (χ2v) is 7.79. The first-order valence-electron chi connectivity index (χ1n) is 8.40. The van der Waals surface area contributed by atoms with Crippen molar-refractivity contribution in [2.75, 3.05) is 18.2 Å². The van der Waals surface area contributed by atoms with Crippen LogP contribution in [0.4, 0.5) is 10.8 Å². The Labute approximate surface area is 168 Å². The highest BCUT2D eigenvalue weighted by Gasteiger charge is 2.22. The molecule has 0 spiro atoms. The molecule has 1 N–H and O–H groups in total. The van der Waals surface area contributed by atoms with Gasteiger partial charge in [0.25, 0.3) is 11.6 Å². The summed E-state index contributed by atoms with van der Waals surface area (Å²) in [5.74, 6) is 0.347. The Kier molecular flexibility index (Phi) is 5.01. The minimum Gasteiger partial charge on any atom is -0.493 e. The molecule has 0 bridgehead atoms. The van der Waals surface area contributed by atoms with Crippen LogP contribution in [0.1, 0.15) is 15.9 Å². The molecule has 28 heavy (non-hydrogen) atoms. The number of aromatic nitrogens is 1. The topological polar surface area (TPSA) is 94.4 Å². The number of nitro groups is 1. The number of carbonyl (C=O) groups excluding carboxylic acids is 1. The minimum atomic E-state index is -0.557. The average Bonchev–Trinajstić information content (AvgIpc) is 3.35. The Morgan fingerprint density at radius 2 is 2.18 bits per heavy atom. The lowest BCUT2D eigenvalue weighted by Crippen LogP contribution is -2.14. The minimum absolute atomic E-state index is 0.0169. The molecule has 0 unspecified atom stereocenters. The molecule has 2 heterocycles. The second kappa shape index (κ2) is 7.61. The lowest BCUT2D eigenvalue weighted by Gasteiger charge is -2.05. The van der Waals surface area contributed by atoms with E-state index in [-0.39, 0.29) is 11.3 Å². The number of fused-ring (bicyclic) bond motifs is 1. The van der Waals surface area contributed by atoms with Gasteiger partial charge in [-0.3, -0.25) is 20.2 Å². The molecule has 142 valence electrons. The predicted molar refractivity (Wildman–Crippen MR) is 110 cm³/mol. The Balaban J connectivity index is 1.57. The van der Waals surface area contributed by atoms with Gasteiger partial charge in [-0.2, -0.15) is 0 Å². The summed E-state index contributed by atoms with van der Waals surface area (Å²) in [4.78, 5) is 28.6. The number of benzene rings is 2. The van der Waals surface area contributed by atoms with E-state index in [4.69, 9.17) is 4.74 Å². The van der Waals surface area contributed by atoms with E-state index in [1.54, 1.807) is 6.07 Å². The predicted octanol–water partition coefficient (Wildman–Crippen LogP) is 4.63. The molecule has 4 rings (SSSR count). The van der Waals surface area contributed by atoms with E-state index in [1.807, 2.05) is 29.8 Å². The zero-order valence-corrected chi connectivity index (χ0v) is 16.4. The summed E-state index contributed by atoms with van der Waals surface area (Å²) in [7, 11) is 0. The number of thiazole rings is 1. The molecular weight excluding hydrogens is 398 g/mol. The zero-order chi connectivity index (χ0) is 19.7. The number of nitro benzene ring substituents is 1. The molecule has 0 saturated heterocycles. The monoisotopic (exact) mass is 413 g/mol. The van der Waals surface area contributed by atoms with E-state index in [1.165, 1.54) is 35.2 Å². The molecule has 0 radical (unpaired) electrons. The van der Waals surface area contributed by atoms with Gasteiger partial charge in [0.2, 0.25) is 0 Å². The normalized spacial score (nSPS) is 12.3. The average molecular weight is 413 g/mol. The molecule has 0 atom stereocenters. The third kappa shape index (κ3) is 3.58. The van der Waals surface area contributed by atoms with Gasteiger partial charge in [0.1, 0.15) is 11.3 Å². The quantitative estimate of drug-likeness (QED) is 0.372. The number of ether oxygens (including phenoxy) is 1. The number of hydrogen-bond acceptors (Lipinski definition) is 7. The Hall–Kier alpha value is -2.91. The maximum absolute atomic E-state index is 12.6. The molecular formula is C19H15N3O4S2. The van der Waals surface area contributed by atoms with Gasteiger partial charge in [-0.15, -0.1) is 23.1 Å². The first kappa shape index (κ1) is 18.5. The summed E-state index contributed by atoms with van der Waals surface area (Å²) in [5.41, 5.74) is 2.60. The fraction of sp³-hybridized carbons (Fsp3) is 0.158. The number of carbonyl (C=O) groups is 1. The third-order valence-electron chi connectivity index (χ3n) is 4.35.